The van der Waals surface area contributed by atoms with Crippen LogP contribution in [0.2, 0.25) is 0 Å². The molecule has 15 heavy (non-hydrogen) atoms. The van der Waals surface area contributed by atoms with Crippen molar-refractivity contribution in [2.24, 2.45) is 17.2 Å². The third kappa shape index (κ3) is 16.1. The van der Waals surface area contributed by atoms with E-state index in [2.05, 4.69) is 6.92 Å². The van der Waals surface area contributed by atoms with Crippen LogP contribution in [0.15, 0.2) is 0 Å². The van der Waals surface area contributed by atoms with E-state index in [9.17, 15) is 4.79 Å². The van der Waals surface area contributed by atoms with E-state index in [-0.39, 0.29) is 0 Å². The van der Waals surface area contributed by atoms with Crippen molar-refractivity contribution >= 4 is 5.97 Å². The summed E-state index contributed by atoms with van der Waals surface area (Å²) in [7, 11) is 0. The molecule has 5 nitrogen and oxygen atoms in total. The summed E-state index contributed by atoms with van der Waals surface area (Å²) in [4.78, 5) is 10.1. The largest absolute Gasteiger partial charge is 0.480 e. The van der Waals surface area contributed by atoms with Crippen molar-refractivity contribution < 1.29 is 9.90 Å². The normalized spacial score (nSPS) is 11.5. The molecule has 5 heteroatoms. The molecule has 0 bridgehead atoms. The van der Waals surface area contributed by atoms with E-state index in [0.29, 0.717) is 13.0 Å². The molecule has 0 saturated heterocycles. The third-order valence-corrected chi connectivity index (χ3v) is 1.84. The summed E-state index contributed by atoms with van der Waals surface area (Å²) in [5.41, 5.74) is 15.6. The van der Waals surface area contributed by atoms with Gasteiger partial charge in [-0.05, 0) is 32.4 Å². The van der Waals surface area contributed by atoms with Crippen molar-refractivity contribution in [2.45, 2.75) is 45.1 Å². The molecule has 0 heterocycles. The molecule has 0 aliphatic carbocycles. The second kappa shape index (κ2) is 13.4. The van der Waals surface area contributed by atoms with Gasteiger partial charge in [0.2, 0.25) is 0 Å². The fraction of sp³-hybridized carbons (Fsp3) is 0.900. The highest BCUT2D eigenvalue weighted by Gasteiger charge is 2.09. The first kappa shape index (κ1) is 16.8. The van der Waals surface area contributed by atoms with Gasteiger partial charge in [0.15, 0.2) is 0 Å². The maximum Gasteiger partial charge on any atom is 0.320 e. The smallest absolute Gasteiger partial charge is 0.320 e. The van der Waals surface area contributed by atoms with Crippen molar-refractivity contribution in [1.82, 2.24) is 0 Å². The Morgan fingerprint density at radius 1 is 1.20 bits per heavy atom. The number of carbonyl (C=O) groups is 1. The lowest BCUT2D eigenvalue weighted by Gasteiger charge is -2.03. The number of carboxylic acid groups (broad SMARTS) is 1. The molecule has 0 radical (unpaired) electrons. The minimum atomic E-state index is -0.933. The quantitative estimate of drug-likeness (QED) is 0.459. The molecule has 7 N–H and O–H groups in total. The molecule has 0 aliphatic rings. The van der Waals surface area contributed by atoms with Crippen molar-refractivity contribution in [1.29, 1.82) is 0 Å². The van der Waals surface area contributed by atoms with Gasteiger partial charge in [-0.1, -0.05) is 19.8 Å². The summed E-state index contributed by atoms with van der Waals surface area (Å²) in [5, 5.41) is 8.33. The van der Waals surface area contributed by atoms with Gasteiger partial charge in [0.25, 0.3) is 0 Å². The van der Waals surface area contributed by atoms with E-state index in [1.165, 1.54) is 12.8 Å². The zero-order chi connectivity index (χ0) is 12.1. The van der Waals surface area contributed by atoms with E-state index in [1.54, 1.807) is 0 Å². The molecule has 0 saturated carbocycles. The van der Waals surface area contributed by atoms with Crippen LogP contribution < -0.4 is 17.2 Å². The fourth-order valence-electron chi connectivity index (χ4n) is 0.836. The number of aliphatic carboxylic acids is 1. The van der Waals surface area contributed by atoms with Crippen molar-refractivity contribution in [3.63, 3.8) is 0 Å². The number of unbranched alkanes of at least 4 members (excludes halogenated alkanes) is 2. The van der Waals surface area contributed by atoms with Gasteiger partial charge < -0.3 is 22.3 Å². The minimum absolute atomic E-state index is 0.520. The number of carboxylic acids is 1. The van der Waals surface area contributed by atoms with E-state index in [1.807, 2.05) is 0 Å². The van der Waals surface area contributed by atoms with Crippen LogP contribution in [0.1, 0.15) is 39.0 Å². The van der Waals surface area contributed by atoms with Gasteiger partial charge >= 0.3 is 5.97 Å². The number of rotatable bonds is 7. The summed E-state index contributed by atoms with van der Waals surface area (Å²) in [6.07, 6.45) is 4.55. The summed E-state index contributed by atoms with van der Waals surface area (Å²) in [6.45, 7) is 3.58. The second-order valence-electron chi connectivity index (χ2n) is 3.37. The van der Waals surface area contributed by atoms with Gasteiger partial charge in [0.05, 0.1) is 0 Å². The summed E-state index contributed by atoms with van der Waals surface area (Å²) in [6, 6.07) is -0.716. The molecule has 1 atom stereocenters. The average molecular weight is 219 g/mol. The van der Waals surface area contributed by atoms with E-state index in [0.717, 1.165) is 19.4 Å². The molecule has 0 rings (SSSR count). The molecule has 0 aromatic carbocycles. The maximum absolute atomic E-state index is 10.1. The number of hydrogen-bond donors (Lipinski definition) is 4. The lowest BCUT2D eigenvalue weighted by molar-refractivity contribution is -0.138. The molecule has 0 fully saturated rings. The first-order valence-corrected chi connectivity index (χ1v) is 5.48. The number of nitrogens with two attached hydrogens (primary N) is 3. The van der Waals surface area contributed by atoms with Crippen LogP contribution in [0.4, 0.5) is 0 Å². The first-order valence-electron chi connectivity index (χ1n) is 5.48. The molecule has 0 spiro atoms. The zero-order valence-corrected chi connectivity index (χ0v) is 9.61. The Morgan fingerprint density at radius 3 is 2.00 bits per heavy atom. The highest BCUT2D eigenvalue weighted by Crippen LogP contribution is 1.96. The second-order valence-corrected chi connectivity index (χ2v) is 3.37. The summed E-state index contributed by atoms with van der Waals surface area (Å²) >= 11 is 0. The van der Waals surface area contributed by atoms with Crippen LogP contribution in [0.5, 0.6) is 0 Å². The molecule has 0 aromatic heterocycles. The maximum atomic E-state index is 10.1. The van der Waals surface area contributed by atoms with Crippen molar-refractivity contribution in [2.75, 3.05) is 13.1 Å². The fourth-order valence-corrected chi connectivity index (χ4v) is 0.836. The van der Waals surface area contributed by atoms with Crippen LogP contribution in [-0.2, 0) is 4.79 Å². The van der Waals surface area contributed by atoms with Crippen LogP contribution in [0.25, 0.3) is 0 Å². The summed E-state index contributed by atoms with van der Waals surface area (Å²) in [5.74, 6) is -0.933. The standard InChI is InChI=1S/C6H14N2O2.C4H11N/c7-4-2-1-3-5(8)6(9)10;1-2-3-4-5/h5H,1-4,7-8H2,(H,9,10);2-5H2,1H3. The van der Waals surface area contributed by atoms with Gasteiger partial charge in [0.1, 0.15) is 6.04 Å². The van der Waals surface area contributed by atoms with Crippen LogP contribution in [0.3, 0.4) is 0 Å². The van der Waals surface area contributed by atoms with E-state index >= 15 is 0 Å². The molecule has 0 aromatic rings. The Bertz CT molecular complexity index is 141. The third-order valence-electron chi connectivity index (χ3n) is 1.84. The highest BCUT2D eigenvalue weighted by molar-refractivity contribution is 5.72. The first-order chi connectivity index (χ1) is 7.09. The van der Waals surface area contributed by atoms with Gasteiger partial charge in [-0.15, -0.1) is 0 Å². The van der Waals surface area contributed by atoms with Gasteiger partial charge in [-0.25, -0.2) is 0 Å². The lowest BCUT2D eigenvalue weighted by atomic mass is 10.1. The molecular formula is C10H25N3O2. The van der Waals surface area contributed by atoms with Crippen molar-refractivity contribution in [3.8, 4) is 0 Å². The Kier molecular flexibility index (Phi) is 14.9. The van der Waals surface area contributed by atoms with Gasteiger partial charge in [-0.2, -0.15) is 0 Å². The Hall–Kier alpha value is -0.650. The average Bonchev–Trinajstić information content (AvgIpc) is 2.20. The van der Waals surface area contributed by atoms with Gasteiger partial charge in [0, 0.05) is 0 Å². The molecule has 1 unspecified atom stereocenters. The Labute approximate surface area is 92.0 Å². The molecule has 0 amide bonds. The van der Waals surface area contributed by atoms with Crippen LogP contribution in [0, 0.1) is 0 Å². The Balaban J connectivity index is 0. The van der Waals surface area contributed by atoms with Crippen LogP contribution in [-0.4, -0.2) is 30.2 Å². The number of hydrogen-bond acceptors (Lipinski definition) is 4. The molecular weight excluding hydrogens is 194 g/mol. The van der Waals surface area contributed by atoms with Crippen molar-refractivity contribution in [3.05, 3.63) is 0 Å². The zero-order valence-electron chi connectivity index (χ0n) is 9.61. The molecule has 0 aliphatic heterocycles. The Morgan fingerprint density at radius 2 is 1.73 bits per heavy atom. The highest BCUT2D eigenvalue weighted by atomic mass is 16.4. The van der Waals surface area contributed by atoms with E-state index < -0.39 is 12.0 Å². The minimum Gasteiger partial charge on any atom is -0.480 e. The topological polar surface area (TPSA) is 115 Å². The predicted molar refractivity (Wildman–Crippen MR) is 62.5 cm³/mol. The summed E-state index contributed by atoms with van der Waals surface area (Å²) < 4.78 is 0. The predicted octanol–water partition coefficient (Wildman–Crippen LogP) is 0.273. The van der Waals surface area contributed by atoms with Gasteiger partial charge in [-0.3, -0.25) is 4.79 Å². The van der Waals surface area contributed by atoms with E-state index in [4.69, 9.17) is 22.3 Å². The van der Waals surface area contributed by atoms with Crippen LogP contribution >= 0.6 is 0 Å². The monoisotopic (exact) mass is 219 g/mol. The SMILES string of the molecule is CCCCN.NCCCCC(N)C(=O)O. The molecule has 92 valence electrons. The lowest BCUT2D eigenvalue weighted by Crippen LogP contribution is -2.29.